The summed E-state index contributed by atoms with van der Waals surface area (Å²) in [6.45, 7) is 2.58. The summed E-state index contributed by atoms with van der Waals surface area (Å²) in [4.78, 5) is 2.62. The zero-order chi connectivity index (χ0) is 10.8. The number of fused-ring (bicyclic) bond motifs is 3. The van der Waals surface area contributed by atoms with Gasteiger partial charge in [-0.1, -0.05) is 12.8 Å². The summed E-state index contributed by atoms with van der Waals surface area (Å²) in [5.74, 6) is 2.46. The minimum absolute atomic E-state index is 0.282. The average molecular weight is 221 g/mol. The van der Waals surface area contributed by atoms with Gasteiger partial charge >= 0.3 is 0 Å². The van der Waals surface area contributed by atoms with Gasteiger partial charge in [-0.05, 0) is 49.9 Å². The van der Waals surface area contributed by atoms with Crippen molar-refractivity contribution in [3.05, 3.63) is 0 Å². The Balaban J connectivity index is 1.53. The maximum Gasteiger partial charge on any atom is 0.0833 e. The Morgan fingerprint density at radius 1 is 1.19 bits per heavy atom. The molecule has 1 heterocycles. The Labute approximate surface area is 98.0 Å². The molecule has 4 atom stereocenters. The first-order chi connectivity index (χ1) is 7.77. The number of hydrogen-bond acceptors (Lipinski definition) is 2. The molecule has 90 valence electrons. The third kappa shape index (κ3) is 1.26. The molecule has 1 N–H and O–H groups in total. The Morgan fingerprint density at radius 2 is 2.06 bits per heavy atom. The van der Waals surface area contributed by atoms with E-state index in [1.165, 1.54) is 51.6 Å². The quantitative estimate of drug-likeness (QED) is 0.771. The first-order valence-electron chi connectivity index (χ1n) is 7.24. The topological polar surface area (TPSA) is 23.5 Å². The molecule has 0 aromatic heterocycles. The van der Waals surface area contributed by atoms with E-state index in [2.05, 4.69) is 4.90 Å². The van der Waals surface area contributed by atoms with Crippen LogP contribution in [0.5, 0.6) is 0 Å². The summed E-state index contributed by atoms with van der Waals surface area (Å²) in [6.07, 6.45) is 9.19. The van der Waals surface area contributed by atoms with E-state index < -0.39 is 0 Å². The van der Waals surface area contributed by atoms with Crippen molar-refractivity contribution < 1.29 is 5.11 Å². The van der Waals surface area contributed by atoms with Crippen LogP contribution in [-0.4, -0.2) is 34.7 Å². The SMILES string of the molecule is OC12CCCCC1CC1CN(CC3CC3)[C@H]12. The van der Waals surface area contributed by atoms with Gasteiger partial charge in [-0.25, -0.2) is 0 Å². The van der Waals surface area contributed by atoms with E-state index in [0.29, 0.717) is 12.0 Å². The third-order valence-electron chi connectivity index (χ3n) is 5.68. The van der Waals surface area contributed by atoms with Gasteiger partial charge in [0.1, 0.15) is 0 Å². The molecular weight excluding hydrogens is 198 g/mol. The maximum absolute atomic E-state index is 11.0. The van der Waals surface area contributed by atoms with Crippen LogP contribution < -0.4 is 0 Å². The fraction of sp³-hybridized carbons (Fsp3) is 1.00. The predicted molar refractivity (Wildman–Crippen MR) is 63.1 cm³/mol. The van der Waals surface area contributed by atoms with E-state index in [4.69, 9.17) is 0 Å². The van der Waals surface area contributed by atoms with Crippen molar-refractivity contribution in [1.82, 2.24) is 4.90 Å². The molecule has 16 heavy (non-hydrogen) atoms. The Hall–Kier alpha value is -0.0800. The molecule has 2 heteroatoms. The zero-order valence-electron chi connectivity index (χ0n) is 10.1. The van der Waals surface area contributed by atoms with Crippen molar-refractivity contribution in [2.75, 3.05) is 13.1 Å². The van der Waals surface area contributed by atoms with Crippen LogP contribution in [-0.2, 0) is 0 Å². The number of hydrogen-bond donors (Lipinski definition) is 1. The van der Waals surface area contributed by atoms with Crippen molar-refractivity contribution in [3.8, 4) is 0 Å². The van der Waals surface area contributed by atoms with E-state index in [-0.39, 0.29) is 5.60 Å². The number of rotatable bonds is 2. The van der Waals surface area contributed by atoms with Crippen molar-refractivity contribution in [2.45, 2.75) is 56.6 Å². The van der Waals surface area contributed by atoms with Gasteiger partial charge in [-0.15, -0.1) is 0 Å². The lowest BCUT2D eigenvalue weighted by Crippen LogP contribution is -2.64. The van der Waals surface area contributed by atoms with E-state index >= 15 is 0 Å². The van der Waals surface area contributed by atoms with Gasteiger partial charge in [0.25, 0.3) is 0 Å². The first kappa shape index (κ1) is 9.90. The highest BCUT2D eigenvalue weighted by Crippen LogP contribution is 2.55. The minimum Gasteiger partial charge on any atom is -0.388 e. The monoisotopic (exact) mass is 221 g/mol. The van der Waals surface area contributed by atoms with Gasteiger partial charge in [0.15, 0.2) is 0 Å². The van der Waals surface area contributed by atoms with Crippen molar-refractivity contribution in [2.24, 2.45) is 17.8 Å². The second-order valence-corrected chi connectivity index (χ2v) is 6.77. The molecule has 0 amide bonds. The van der Waals surface area contributed by atoms with Gasteiger partial charge in [0, 0.05) is 19.1 Å². The van der Waals surface area contributed by atoms with E-state index in [1.807, 2.05) is 0 Å². The molecule has 0 aromatic rings. The van der Waals surface area contributed by atoms with Gasteiger partial charge in [-0.3, -0.25) is 4.90 Å². The Bertz CT molecular complexity index is 301. The highest BCUT2D eigenvalue weighted by molar-refractivity contribution is 5.15. The molecule has 4 aliphatic rings. The molecule has 3 saturated carbocycles. The van der Waals surface area contributed by atoms with Crippen molar-refractivity contribution in [3.63, 3.8) is 0 Å². The van der Waals surface area contributed by atoms with Crippen LogP contribution >= 0.6 is 0 Å². The van der Waals surface area contributed by atoms with E-state index in [0.717, 1.165) is 18.3 Å². The fourth-order valence-electron chi connectivity index (χ4n) is 4.75. The van der Waals surface area contributed by atoms with E-state index in [1.54, 1.807) is 0 Å². The van der Waals surface area contributed by atoms with Crippen LogP contribution in [0.4, 0.5) is 0 Å². The third-order valence-corrected chi connectivity index (χ3v) is 5.68. The van der Waals surface area contributed by atoms with Crippen LogP contribution in [0.25, 0.3) is 0 Å². The molecule has 2 nitrogen and oxygen atoms in total. The normalized spacial score (nSPS) is 51.9. The lowest BCUT2D eigenvalue weighted by Gasteiger charge is -2.51. The zero-order valence-corrected chi connectivity index (χ0v) is 10.1. The maximum atomic E-state index is 11.0. The standard InChI is InChI=1S/C14H23NO/c16-14-6-2-1-3-12(14)7-11-9-15(13(11)14)8-10-4-5-10/h10-13,16H,1-9H2/t11?,12?,13-,14?/m1/s1. The lowest BCUT2D eigenvalue weighted by molar-refractivity contribution is -0.120. The Morgan fingerprint density at radius 3 is 2.88 bits per heavy atom. The van der Waals surface area contributed by atoms with Crippen LogP contribution in [0.1, 0.15) is 44.9 Å². The van der Waals surface area contributed by atoms with Crippen molar-refractivity contribution >= 4 is 0 Å². The number of likely N-dealkylation sites (tertiary alicyclic amines) is 1. The van der Waals surface area contributed by atoms with Crippen LogP contribution in [0, 0.1) is 17.8 Å². The fourth-order valence-corrected chi connectivity index (χ4v) is 4.75. The lowest BCUT2D eigenvalue weighted by atomic mass is 9.74. The second-order valence-electron chi connectivity index (χ2n) is 6.77. The summed E-state index contributed by atoms with van der Waals surface area (Å²) < 4.78 is 0. The highest BCUT2D eigenvalue weighted by Gasteiger charge is 2.61. The number of nitrogens with zero attached hydrogens (tertiary/aromatic N) is 1. The summed E-state index contributed by atoms with van der Waals surface area (Å²) in [7, 11) is 0. The van der Waals surface area contributed by atoms with Gasteiger partial charge in [0.05, 0.1) is 5.60 Å². The Kier molecular flexibility index (Phi) is 2.00. The second kappa shape index (κ2) is 3.23. The van der Waals surface area contributed by atoms with Gasteiger partial charge in [0.2, 0.25) is 0 Å². The molecule has 0 spiro atoms. The molecule has 0 aromatic carbocycles. The molecule has 0 bridgehead atoms. The molecule has 1 saturated heterocycles. The van der Waals surface area contributed by atoms with E-state index in [9.17, 15) is 5.11 Å². The van der Waals surface area contributed by atoms with Crippen LogP contribution in [0.3, 0.4) is 0 Å². The summed E-state index contributed by atoms with van der Waals surface area (Å²) >= 11 is 0. The smallest absolute Gasteiger partial charge is 0.0833 e. The molecule has 3 aliphatic carbocycles. The molecule has 0 radical (unpaired) electrons. The molecule has 1 aliphatic heterocycles. The summed E-state index contributed by atoms with van der Waals surface area (Å²) in [5.41, 5.74) is -0.282. The van der Waals surface area contributed by atoms with Crippen LogP contribution in [0.15, 0.2) is 0 Å². The average Bonchev–Trinajstić information content (AvgIpc) is 2.98. The summed E-state index contributed by atoms with van der Waals surface area (Å²) in [5, 5.41) is 11.0. The number of aliphatic hydroxyl groups is 1. The van der Waals surface area contributed by atoms with Gasteiger partial charge in [-0.2, -0.15) is 0 Å². The minimum atomic E-state index is -0.282. The first-order valence-corrected chi connectivity index (χ1v) is 7.24. The summed E-state index contributed by atoms with van der Waals surface area (Å²) in [6, 6.07) is 0.554. The molecule has 4 fully saturated rings. The van der Waals surface area contributed by atoms with Crippen molar-refractivity contribution in [1.29, 1.82) is 0 Å². The molecule has 4 rings (SSSR count). The predicted octanol–water partition coefficient (Wildman–Crippen LogP) is 2.02. The van der Waals surface area contributed by atoms with Gasteiger partial charge < -0.3 is 5.11 Å². The molecular formula is C14H23NO. The van der Waals surface area contributed by atoms with Crippen LogP contribution in [0.2, 0.25) is 0 Å². The largest absolute Gasteiger partial charge is 0.388 e. The highest BCUT2D eigenvalue weighted by atomic mass is 16.3. The molecule has 3 unspecified atom stereocenters.